The quantitative estimate of drug-likeness (QED) is 0.207. The van der Waals surface area contributed by atoms with Crippen molar-refractivity contribution in [1.29, 1.82) is 0 Å². The van der Waals surface area contributed by atoms with Crippen LogP contribution in [-0.2, 0) is 27.4 Å². The van der Waals surface area contributed by atoms with E-state index in [2.05, 4.69) is 10.2 Å². The number of nitrogens with zero attached hydrogens (tertiary/aromatic N) is 5. The van der Waals surface area contributed by atoms with E-state index < -0.39 is 35.2 Å². The summed E-state index contributed by atoms with van der Waals surface area (Å²) < 4.78 is 33.4. The van der Waals surface area contributed by atoms with Crippen molar-refractivity contribution in [2.45, 2.75) is 39.1 Å². The number of hydrogen-bond acceptors (Lipinski definition) is 10. The van der Waals surface area contributed by atoms with Gasteiger partial charge >= 0.3 is 11.7 Å². The number of aromatic nitrogens is 5. The van der Waals surface area contributed by atoms with Crippen LogP contribution in [0.2, 0.25) is 0 Å². The fourth-order valence-corrected chi connectivity index (χ4v) is 6.10. The highest BCUT2D eigenvalue weighted by atomic mass is 32.1. The second-order valence-corrected chi connectivity index (χ2v) is 10.8. The van der Waals surface area contributed by atoms with E-state index in [1.54, 1.807) is 31.2 Å². The Morgan fingerprint density at radius 3 is 2.52 bits per heavy atom. The minimum atomic E-state index is -1.29. The third-order valence-electron chi connectivity index (χ3n) is 7.07. The summed E-state index contributed by atoms with van der Waals surface area (Å²) in [7, 11) is 1.42. The van der Waals surface area contributed by atoms with Gasteiger partial charge < -0.3 is 19.3 Å². The average Bonchev–Trinajstić information content (AvgIpc) is 3.68. The molecule has 14 heteroatoms. The van der Waals surface area contributed by atoms with Crippen molar-refractivity contribution in [2.75, 3.05) is 20.3 Å². The highest BCUT2D eigenvalue weighted by Gasteiger charge is 2.29. The zero-order chi connectivity index (χ0) is 31.4. The van der Waals surface area contributed by atoms with Gasteiger partial charge in [0.2, 0.25) is 0 Å². The molecule has 0 aliphatic rings. The molecule has 0 radical (unpaired) electrons. The molecule has 1 N–H and O–H groups in total. The van der Waals surface area contributed by atoms with E-state index in [4.69, 9.17) is 14.2 Å². The van der Waals surface area contributed by atoms with E-state index in [9.17, 15) is 23.9 Å². The van der Waals surface area contributed by atoms with Crippen LogP contribution in [0.3, 0.4) is 0 Å². The summed E-state index contributed by atoms with van der Waals surface area (Å²) in [4.78, 5) is 42.9. The Hall–Kier alpha value is -4.66. The van der Waals surface area contributed by atoms with Crippen molar-refractivity contribution in [1.82, 2.24) is 24.1 Å². The molecule has 0 saturated heterocycles. The predicted octanol–water partition coefficient (Wildman–Crippen LogP) is 3.32. The van der Waals surface area contributed by atoms with Gasteiger partial charge in [-0.25, -0.2) is 18.5 Å². The number of thiophene rings is 1. The molecule has 0 spiro atoms. The Bertz CT molecular complexity index is 1890. The molecule has 0 aliphatic carbocycles. The average molecular weight is 624 g/mol. The Labute approximate surface area is 254 Å². The molecule has 0 fully saturated rings. The topological polar surface area (TPSA) is 140 Å². The molecule has 0 amide bonds. The first-order chi connectivity index (χ1) is 21.2. The molecule has 2 atom stereocenters. The first-order valence-corrected chi connectivity index (χ1v) is 14.5. The van der Waals surface area contributed by atoms with Crippen molar-refractivity contribution in [3.05, 3.63) is 104 Å². The van der Waals surface area contributed by atoms with Gasteiger partial charge in [-0.15, -0.1) is 4.80 Å². The van der Waals surface area contributed by atoms with E-state index in [1.165, 1.54) is 54.0 Å². The van der Waals surface area contributed by atoms with Gasteiger partial charge in [0.15, 0.2) is 0 Å². The van der Waals surface area contributed by atoms with Gasteiger partial charge in [-0.2, -0.15) is 10.2 Å². The van der Waals surface area contributed by atoms with Gasteiger partial charge in [0.05, 0.1) is 44.6 Å². The molecule has 3 aromatic heterocycles. The lowest BCUT2D eigenvalue weighted by Crippen LogP contribution is -2.44. The molecule has 12 nitrogen and oxygen atoms in total. The Kier molecular flexibility index (Phi) is 9.32. The van der Waals surface area contributed by atoms with E-state index in [1.807, 2.05) is 6.07 Å². The largest absolute Gasteiger partial charge is 0.496 e. The summed E-state index contributed by atoms with van der Waals surface area (Å²) in [5.41, 5.74) is 0.0341. The van der Waals surface area contributed by atoms with Gasteiger partial charge in [0.1, 0.15) is 40.2 Å². The summed E-state index contributed by atoms with van der Waals surface area (Å²) in [5, 5.41) is 18.5. The summed E-state index contributed by atoms with van der Waals surface area (Å²) in [5.74, 6) is -1.04. The summed E-state index contributed by atoms with van der Waals surface area (Å²) in [6, 6.07) is 11.6. The minimum absolute atomic E-state index is 0.0434. The van der Waals surface area contributed by atoms with Crippen LogP contribution < -0.4 is 16.0 Å². The molecular weight excluding hydrogens is 593 g/mol. The second-order valence-electron chi connectivity index (χ2n) is 9.84. The first kappa shape index (κ1) is 30.8. The maximum absolute atomic E-state index is 14.4. The standard InChI is InChI=1S/C30H30FN5O7S/c1-18-25-26(38)35(19(2)29(39)43-17-20-7-5-4-6-8-20)30(40)34(28(25)44-27(18)36-32-11-12-33-36)16-24(42-14-13-37)22-15-21(31)9-10-23(22)41-3/h4-12,15,19,24,37H,13-14,16-17H2,1-3H3. The van der Waals surface area contributed by atoms with Crippen molar-refractivity contribution in [2.24, 2.45) is 0 Å². The van der Waals surface area contributed by atoms with E-state index in [0.717, 1.165) is 21.5 Å². The molecule has 0 aliphatic heterocycles. The number of benzene rings is 2. The van der Waals surface area contributed by atoms with Gasteiger partial charge in [0.25, 0.3) is 5.56 Å². The fraction of sp³-hybridized carbons (Fsp3) is 0.300. The van der Waals surface area contributed by atoms with Crippen LogP contribution in [0, 0.1) is 12.7 Å². The SMILES string of the molecule is COc1ccc(F)cc1C(Cn1c(=O)n(C(C)C(=O)OCc2ccccc2)c(=O)c2c(C)c(-n3nccn3)sc21)OCCO. The molecule has 2 unspecified atom stereocenters. The lowest BCUT2D eigenvalue weighted by atomic mass is 10.1. The van der Waals surface area contributed by atoms with Gasteiger partial charge in [-0.1, -0.05) is 41.7 Å². The van der Waals surface area contributed by atoms with Crippen LogP contribution in [0.4, 0.5) is 4.39 Å². The zero-order valence-electron chi connectivity index (χ0n) is 24.2. The van der Waals surface area contributed by atoms with Gasteiger partial charge in [0, 0.05) is 11.1 Å². The first-order valence-electron chi connectivity index (χ1n) is 13.7. The number of aliphatic hydroxyl groups excluding tert-OH is 1. The number of ether oxygens (including phenoxy) is 3. The number of rotatable bonds is 12. The lowest BCUT2D eigenvalue weighted by Gasteiger charge is -2.23. The van der Waals surface area contributed by atoms with Crippen LogP contribution in [0.15, 0.2) is 70.5 Å². The predicted molar refractivity (Wildman–Crippen MR) is 160 cm³/mol. The monoisotopic (exact) mass is 623 g/mol. The lowest BCUT2D eigenvalue weighted by molar-refractivity contribution is -0.148. The van der Waals surface area contributed by atoms with E-state index >= 15 is 0 Å². The molecule has 2 aromatic carbocycles. The summed E-state index contributed by atoms with van der Waals surface area (Å²) in [6.45, 7) is 2.39. The van der Waals surface area contributed by atoms with Crippen LogP contribution in [0.25, 0.3) is 15.2 Å². The number of esters is 1. The van der Waals surface area contributed by atoms with E-state index in [0.29, 0.717) is 16.3 Å². The highest BCUT2D eigenvalue weighted by molar-refractivity contribution is 7.21. The van der Waals surface area contributed by atoms with Crippen molar-refractivity contribution < 1.29 is 28.5 Å². The molecule has 230 valence electrons. The maximum atomic E-state index is 14.4. The number of carbonyl (C=O) groups is 1. The third kappa shape index (κ3) is 6.04. The maximum Gasteiger partial charge on any atom is 0.333 e. The number of halogens is 1. The molecule has 0 bridgehead atoms. The number of aryl methyl sites for hydroxylation is 1. The normalized spacial score (nSPS) is 12.8. The van der Waals surface area contributed by atoms with Gasteiger partial charge in [-0.05, 0) is 37.6 Å². The number of hydrogen-bond donors (Lipinski definition) is 1. The zero-order valence-corrected chi connectivity index (χ0v) is 25.0. The number of carbonyl (C=O) groups excluding carboxylic acids is 1. The fourth-order valence-electron chi connectivity index (χ4n) is 4.88. The summed E-state index contributed by atoms with van der Waals surface area (Å²) in [6.07, 6.45) is 1.97. The molecule has 3 heterocycles. The van der Waals surface area contributed by atoms with Crippen LogP contribution in [-0.4, -0.2) is 55.5 Å². The van der Waals surface area contributed by atoms with Crippen molar-refractivity contribution in [3.8, 4) is 10.8 Å². The molecular formula is C30H30FN5O7S. The molecule has 5 rings (SSSR count). The van der Waals surface area contributed by atoms with E-state index in [-0.39, 0.29) is 42.1 Å². The van der Waals surface area contributed by atoms with Crippen molar-refractivity contribution in [3.63, 3.8) is 0 Å². The van der Waals surface area contributed by atoms with Crippen molar-refractivity contribution >= 4 is 27.5 Å². The number of fused-ring (bicyclic) bond motifs is 1. The van der Waals surface area contributed by atoms with Crippen LogP contribution in [0.5, 0.6) is 5.75 Å². The smallest absolute Gasteiger partial charge is 0.333 e. The Balaban J connectivity index is 1.67. The third-order valence-corrected chi connectivity index (χ3v) is 8.35. The van der Waals surface area contributed by atoms with Crippen LogP contribution >= 0.6 is 11.3 Å². The molecule has 0 saturated carbocycles. The number of methoxy groups -OCH3 is 1. The Morgan fingerprint density at radius 1 is 1.11 bits per heavy atom. The highest BCUT2D eigenvalue weighted by Crippen LogP contribution is 2.34. The number of aliphatic hydroxyl groups is 1. The van der Waals surface area contributed by atoms with Gasteiger partial charge in [-0.3, -0.25) is 9.36 Å². The minimum Gasteiger partial charge on any atom is -0.496 e. The Morgan fingerprint density at radius 2 is 1.84 bits per heavy atom. The second kappa shape index (κ2) is 13.3. The van der Waals surface area contributed by atoms with Crippen LogP contribution in [0.1, 0.15) is 35.8 Å². The molecule has 5 aromatic rings. The molecule has 44 heavy (non-hydrogen) atoms. The summed E-state index contributed by atoms with van der Waals surface area (Å²) >= 11 is 1.11.